The Balaban J connectivity index is 1.99. The normalized spacial score (nSPS) is 14.2. The number of halogens is 3. The number of ether oxygens (including phenoxy) is 1. The Labute approximate surface area is 215 Å². The molecule has 1 heterocycles. The van der Waals surface area contributed by atoms with Gasteiger partial charge in [0.05, 0.1) is 34.5 Å². The predicted octanol–water partition coefficient (Wildman–Crippen LogP) is 6.36. The first-order chi connectivity index (χ1) is 17.1. The number of aliphatic imine (C=N–C) groups is 2. The van der Waals surface area contributed by atoms with Gasteiger partial charge in [0.15, 0.2) is 5.83 Å². The van der Waals surface area contributed by atoms with Gasteiger partial charge in [-0.2, -0.15) is 0 Å². The van der Waals surface area contributed by atoms with Crippen molar-refractivity contribution < 1.29 is 18.6 Å². The summed E-state index contributed by atoms with van der Waals surface area (Å²) in [6, 6.07) is 9.71. The second kappa shape index (κ2) is 12.3. The second-order valence-electron chi connectivity index (χ2n) is 8.09. The molecular formula is C26H28ClF2N4O2P. The molecule has 0 saturated heterocycles. The fraction of sp³-hybridized carbons (Fsp3) is 0.269. The van der Waals surface area contributed by atoms with Gasteiger partial charge in [-0.1, -0.05) is 32.3 Å². The molecule has 0 saturated carbocycles. The maximum Gasteiger partial charge on any atom is 0.159 e. The summed E-state index contributed by atoms with van der Waals surface area (Å²) in [6.45, 7) is 7.10. The lowest BCUT2D eigenvalue weighted by atomic mass is 10.1. The Morgan fingerprint density at radius 3 is 2.75 bits per heavy atom. The zero-order valence-electron chi connectivity index (χ0n) is 20.4. The van der Waals surface area contributed by atoms with E-state index in [-0.39, 0.29) is 23.9 Å². The Morgan fingerprint density at radius 1 is 1.33 bits per heavy atom. The summed E-state index contributed by atoms with van der Waals surface area (Å²) in [5.41, 5.74) is 8.94. The lowest BCUT2D eigenvalue weighted by Crippen LogP contribution is -2.11. The quantitative estimate of drug-likeness (QED) is 0.247. The molecule has 0 amide bonds. The minimum atomic E-state index is -0.684. The highest BCUT2D eigenvalue weighted by molar-refractivity contribution is 7.57. The summed E-state index contributed by atoms with van der Waals surface area (Å²) in [6.07, 6.45) is 0.180. The number of rotatable bonds is 9. The minimum Gasteiger partial charge on any atom is -0.487 e. The second-order valence-corrected chi connectivity index (χ2v) is 9.51. The van der Waals surface area contributed by atoms with Crippen LogP contribution in [0.1, 0.15) is 30.7 Å². The maximum absolute atomic E-state index is 14.1. The number of aliphatic hydroxyl groups excluding tert-OH is 1. The molecule has 0 aliphatic carbocycles. The molecule has 0 aliphatic rings. The average molecular weight is 533 g/mol. The highest BCUT2D eigenvalue weighted by Crippen LogP contribution is 2.33. The molecule has 3 rings (SSSR count). The molecule has 0 spiro atoms. The molecule has 3 aromatic rings. The fourth-order valence-electron chi connectivity index (χ4n) is 3.59. The Morgan fingerprint density at radius 2 is 2.08 bits per heavy atom. The lowest BCUT2D eigenvalue weighted by molar-refractivity contribution is 0.265. The minimum absolute atomic E-state index is 0.0410. The number of aliphatic hydroxyl groups is 1. The zero-order valence-corrected chi connectivity index (χ0v) is 22.2. The molecular weight excluding hydrogens is 505 g/mol. The molecule has 0 aliphatic heterocycles. The summed E-state index contributed by atoms with van der Waals surface area (Å²) in [5, 5.41) is 10.8. The molecule has 2 unspecified atom stereocenters. The summed E-state index contributed by atoms with van der Waals surface area (Å²) in [4.78, 5) is 13.4. The first-order valence-electron chi connectivity index (χ1n) is 11.2. The Kier molecular flexibility index (Phi) is 9.49. The van der Waals surface area contributed by atoms with Gasteiger partial charge in [-0.05, 0) is 57.3 Å². The number of hydrogen-bond acceptors (Lipinski definition) is 6. The number of para-hydroxylation sites is 1. The van der Waals surface area contributed by atoms with Crippen molar-refractivity contribution in [3.05, 3.63) is 76.1 Å². The predicted molar refractivity (Wildman–Crippen MR) is 145 cm³/mol. The van der Waals surface area contributed by atoms with Crippen molar-refractivity contribution in [2.24, 2.45) is 15.7 Å². The third-order valence-electron chi connectivity index (χ3n) is 5.39. The number of pyridine rings is 1. The van der Waals surface area contributed by atoms with Crippen LogP contribution in [0.3, 0.4) is 0 Å². The number of aromatic nitrogens is 1. The first kappa shape index (κ1) is 27.7. The molecule has 6 nitrogen and oxygen atoms in total. The van der Waals surface area contributed by atoms with Crippen LogP contribution in [0.2, 0.25) is 5.02 Å². The largest absolute Gasteiger partial charge is 0.487 e. The van der Waals surface area contributed by atoms with Crippen LogP contribution >= 0.6 is 20.2 Å². The van der Waals surface area contributed by atoms with Crippen LogP contribution < -0.4 is 10.5 Å². The van der Waals surface area contributed by atoms with Crippen molar-refractivity contribution in [2.45, 2.75) is 40.0 Å². The van der Waals surface area contributed by atoms with E-state index in [0.29, 0.717) is 53.2 Å². The molecule has 1 aromatic heterocycles. The van der Waals surface area contributed by atoms with Crippen LogP contribution in [0.25, 0.3) is 10.9 Å². The number of benzene rings is 2. The van der Waals surface area contributed by atoms with E-state index in [1.54, 1.807) is 32.0 Å². The van der Waals surface area contributed by atoms with Gasteiger partial charge in [-0.3, -0.25) is 4.99 Å². The van der Waals surface area contributed by atoms with Crippen LogP contribution in [0.4, 0.5) is 14.5 Å². The molecule has 2 atom stereocenters. The Hall–Kier alpha value is -2.93. The molecule has 10 heteroatoms. The number of hydrogen-bond donors (Lipinski definition) is 2. The SMILES string of the molecule is CPC(=NCc1cc(F)cc(Cl)c1COc1cccc2c(N=C(C)C(F)=CN)cc(C)nc12)C(C)O. The van der Waals surface area contributed by atoms with E-state index in [9.17, 15) is 13.9 Å². The van der Waals surface area contributed by atoms with Gasteiger partial charge in [0, 0.05) is 22.8 Å². The highest BCUT2D eigenvalue weighted by atomic mass is 35.5. The Bertz CT molecular complexity index is 1360. The van der Waals surface area contributed by atoms with E-state index in [1.165, 1.54) is 19.1 Å². The van der Waals surface area contributed by atoms with Gasteiger partial charge in [-0.25, -0.2) is 18.8 Å². The van der Waals surface area contributed by atoms with E-state index in [4.69, 9.17) is 22.1 Å². The van der Waals surface area contributed by atoms with E-state index < -0.39 is 17.7 Å². The number of allylic oxidation sites excluding steroid dienone is 1. The number of nitrogens with zero attached hydrogens (tertiary/aromatic N) is 3. The van der Waals surface area contributed by atoms with Crippen molar-refractivity contribution in [2.75, 3.05) is 6.66 Å². The van der Waals surface area contributed by atoms with Crippen LogP contribution in [0.5, 0.6) is 5.75 Å². The third kappa shape index (κ3) is 6.64. The zero-order chi connectivity index (χ0) is 26.4. The topological polar surface area (TPSA) is 93.1 Å². The molecule has 190 valence electrons. The molecule has 0 fully saturated rings. The molecule has 0 bridgehead atoms. The monoisotopic (exact) mass is 532 g/mol. The first-order valence-corrected chi connectivity index (χ1v) is 13.1. The number of nitrogens with two attached hydrogens (primary N) is 1. The summed E-state index contributed by atoms with van der Waals surface area (Å²) >= 11 is 6.38. The van der Waals surface area contributed by atoms with E-state index >= 15 is 0 Å². The van der Waals surface area contributed by atoms with Crippen molar-refractivity contribution >= 4 is 47.9 Å². The van der Waals surface area contributed by atoms with Gasteiger partial charge in [0.2, 0.25) is 0 Å². The summed E-state index contributed by atoms with van der Waals surface area (Å²) in [5.74, 6) is -0.631. The van der Waals surface area contributed by atoms with Crippen LogP contribution in [-0.2, 0) is 13.2 Å². The van der Waals surface area contributed by atoms with Crippen molar-refractivity contribution in [3.63, 3.8) is 0 Å². The number of fused-ring (bicyclic) bond motifs is 1. The van der Waals surface area contributed by atoms with E-state index in [0.717, 1.165) is 6.20 Å². The smallest absolute Gasteiger partial charge is 0.159 e. The summed E-state index contributed by atoms with van der Waals surface area (Å²) < 4.78 is 34.1. The van der Waals surface area contributed by atoms with Crippen LogP contribution in [-0.4, -0.2) is 34.0 Å². The molecule has 36 heavy (non-hydrogen) atoms. The van der Waals surface area contributed by atoms with Gasteiger partial charge >= 0.3 is 0 Å². The van der Waals surface area contributed by atoms with Gasteiger partial charge in [0.1, 0.15) is 23.7 Å². The van der Waals surface area contributed by atoms with Crippen LogP contribution in [0, 0.1) is 12.7 Å². The van der Waals surface area contributed by atoms with E-state index in [1.807, 2.05) is 12.7 Å². The van der Waals surface area contributed by atoms with Crippen molar-refractivity contribution in [1.82, 2.24) is 4.98 Å². The van der Waals surface area contributed by atoms with Crippen molar-refractivity contribution in [3.8, 4) is 5.75 Å². The standard InChI is InChI=1S/C26H28ClF2N4O2P/c1-14-8-23(33-15(2)22(29)11-30)19-6-5-7-24(25(19)32-14)35-13-20-17(9-18(28)10-21(20)27)12-31-26(36-4)16(3)34/h5-11,16,34,36H,12-13,30H2,1-4H3. The number of aryl methyl sites for hydroxylation is 1. The third-order valence-corrected chi connectivity index (χ3v) is 6.81. The van der Waals surface area contributed by atoms with Crippen molar-refractivity contribution in [1.29, 1.82) is 0 Å². The molecule has 0 radical (unpaired) electrons. The van der Waals surface area contributed by atoms with Gasteiger partial charge in [-0.15, -0.1) is 0 Å². The average Bonchev–Trinajstić information content (AvgIpc) is 2.83. The maximum atomic E-state index is 14.1. The fourth-order valence-corrected chi connectivity index (χ4v) is 4.53. The highest BCUT2D eigenvalue weighted by Gasteiger charge is 2.15. The molecule has 3 N–H and O–H groups in total. The lowest BCUT2D eigenvalue weighted by Gasteiger charge is -2.15. The van der Waals surface area contributed by atoms with Gasteiger partial charge in [0.25, 0.3) is 0 Å². The summed E-state index contributed by atoms with van der Waals surface area (Å²) in [7, 11) is 0.322. The van der Waals surface area contributed by atoms with Gasteiger partial charge < -0.3 is 15.6 Å². The van der Waals surface area contributed by atoms with E-state index in [2.05, 4.69) is 15.0 Å². The van der Waals surface area contributed by atoms with Crippen LogP contribution in [0.15, 0.2) is 58.4 Å². The molecule has 2 aromatic carbocycles.